The Labute approximate surface area is 81.2 Å². The van der Waals surface area contributed by atoms with E-state index in [1.54, 1.807) is 0 Å². The second-order valence-corrected chi connectivity index (χ2v) is 3.64. The molecular weight excluding hydrogens is 158 g/mol. The average Bonchev–Trinajstić information content (AvgIpc) is 2.16. The average molecular weight is 177 g/mol. The molecule has 0 saturated carbocycles. The van der Waals surface area contributed by atoms with Gasteiger partial charge >= 0.3 is 0 Å². The highest BCUT2D eigenvalue weighted by Crippen LogP contribution is 2.18. The number of rotatable bonds is 3. The number of nitrogens with zero attached hydrogens (tertiary/aromatic N) is 1. The van der Waals surface area contributed by atoms with E-state index >= 15 is 0 Å². The minimum Gasteiger partial charge on any atom is -0.258 e. The first-order chi connectivity index (χ1) is 6.19. The molecule has 1 aromatic rings. The van der Waals surface area contributed by atoms with Crippen molar-refractivity contribution in [3.8, 4) is 0 Å². The predicted octanol–water partition coefficient (Wildman–Crippen LogP) is 3.47. The van der Waals surface area contributed by atoms with Crippen molar-refractivity contribution in [2.24, 2.45) is 0 Å². The standard InChI is InChI=1S/C12H19N/c1-5-9(3)12-8-7-11(6-2)10(4)13-12/h7-9H,5-6H2,1-4H3/t9-/m1/s1. The number of hydrogen-bond donors (Lipinski definition) is 0. The third kappa shape index (κ3) is 2.30. The quantitative estimate of drug-likeness (QED) is 0.689. The van der Waals surface area contributed by atoms with E-state index < -0.39 is 0 Å². The van der Waals surface area contributed by atoms with Crippen LogP contribution in [0.5, 0.6) is 0 Å². The summed E-state index contributed by atoms with van der Waals surface area (Å²) in [6, 6.07) is 4.38. The van der Waals surface area contributed by atoms with Gasteiger partial charge in [0, 0.05) is 11.4 Å². The maximum Gasteiger partial charge on any atom is 0.0435 e. The van der Waals surface area contributed by atoms with E-state index in [9.17, 15) is 0 Å². The van der Waals surface area contributed by atoms with E-state index in [1.807, 2.05) is 0 Å². The van der Waals surface area contributed by atoms with Crippen LogP contribution in [0.25, 0.3) is 0 Å². The molecule has 0 aromatic carbocycles. The normalized spacial score (nSPS) is 12.9. The molecule has 72 valence electrons. The Morgan fingerprint density at radius 3 is 2.46 bits per heavy atom. The summed E-state index contributed by atoms with van der Waals surface area (Å²) in [7, 11) is 0. The Bertz CT molecular complexity index is 278. The molecular formula is C12H19N. The van der Waals surface area contributed by atoms with Crippen molar-refractivity contribution in [3.05, 3.63) is 29.1 Å². The molecule has 0 unspecified atom stereocenters. The van der Waals surface area contributed by atoms with Gasteiger partial charge in [0.05, 0.1) is 0 Å². The molecule has 1 atom stereocenters. The SMILES string of the molecule is CCc1ccc([C@H](C)CC)nc1C. The van der Waals surface area contributed by atoms with E-state index in [2.05, 4.69) is 44.8 Å². The van der Waals surface area contributed by atoms with E-state index in [1.165, 1.54) is 17.0 Å². The van der Waals surface area contributed by atoms with Crippen LogP contribution in [0.15, 0.2) is 12.1 Å². The van der Waals surface area contributed by atoms with Gasteiger partial charge in [0.25, 0.3) is 0 Å². The highest BCUT2D eigenvalue weighted by Gasteiger charge is 2.05. The Kier molecular flexibility index (Phi) is 3.47. The summed E-state index contributed by atoms with van der Waals surface area (Å²) in [5, 5.41) is 0. The topological polar surface area (TPSA) is 12.9 Å². The van der Waals surface area contributed by atoms with Crippen molar-refractivity contribution < 1.29 is 0 Å². The Morgan fingerprint density at radius 2 is 2.00 bits per heavy atom. The zero-order valence-electron chi connectivity index (χ0n) is 9.09. The molecule has 1 nitrogen and oxygen atoms in total. The largest absolute Gasteiger partial charge is 0.258 e. The lowest BCUT2D eigenvalue weighted by atomic mass is 10.0. The molecule has 0 aliphatic rings. The van der Waals surface area contributed by atoms with Gasteiger partial charge in [-0.05, 0) is 37.3 Å². The third-order valence-electron chi connectivity index (χ3n) is 2.71. The first kappa shape index (κ1) is 10.2. The molecule has 1 heterocycles. The van der Waals surface area contributed by atoms with Crippen molar-refractivity contribution in [2.75, 3.05) is 0 Å². The molecule has 0 saturated heterocycles. The molecule has 0 fully saturated rings. The van der Waals surface area contributed by atoms with Gasteiger partial charge in [-0.3, -0.25) is 4.98 Å². The van der Waals surface area contributed by atoms with Crippen LogP contribution in [0.1, 0.15) is 50.1 Å². The number of aromatic nitrogens is 1. The molecule has 13 heavy (non-hydrogen) atoms. The summed E-state index contributed by atoms with van der Waals surface area (Å²) >= 11 is 0. The van der Waals surface area contributed by atoms with Gasteiger partial charge in [0.15, 0.2) is 0 Å². The second-order valence-electron chi connectivity index (χ2n) is 3.64. The first-order valence-electron chi connectivity index (χ1n) is 5.15. The number of pyridine rings is 1. The van der Waals surface area contributed by atoms with E-state index in [0.717, 1.165) is 12.8 Å². The maximum atomic E-state index is 4.61. The lowest BCUT2D eigenvalue weighted by Gasteiger charge is -2.10. The van der Waals surface area contributed by atoms with Gasteiger partial charge in [0.1, 0.15) is 0 Å². The number of aryl methyl sites for hydroxylation is 2. The van der Waals surface area contributed by atoms with E-state index in [0.29, 0.717) is 5.92 Å². The third-order valence-corrected chi connectivity index (χ3v) is 2.71. The summed E-state index contributed by atoms with van der Waals surface area (Å²) in [5.74, 6) is 0.588. The highest BCUT2D eigenvalue weighted by molar-refractivity contribution is 5.23. The van der Waals surface area contributed by atoms with Crippen LogP contribution >= 0.6 is 0 Å². The first-order valence-corrected chi connectivity index (χ1v) is 5.15. The zero-order chi connectivity index (χ0) is 9.84. The van der Waals surface area contributed by atoms with Crippen LogP contribution in [-0.2, 0) is 6.42 Å². The van der Waals surface area contributed by atoms with Crippen LogP contribution in [0, 0.1) is 6.92 Å². The maximum absolute atomic E-state index is 4.61. The van der Waals surface area contributed by atoms with Crippen LogP contribution in [0.4, 0.5) is 0 Å². The monoisotopic (exact) mass is 177 g/mol. The summed E-state index contributed by atoms with van der Waals surface area (Å²) < 4.78 is 0. The summed E-state index contributed by atoms with van der Waals surface area (Å²) in [6.45, 7) is 8.71. The van der Waals surface area contributed by atoms with Gasteiger partial charge in [-0.1, -0.05) is 26.8 Å². The van der Waals surface area contributed by atoms with E-state index in [-0.39, 0.29) is 0 Å². The fourth-order valence-electron chi connectivity index (χ4n) is 1.47. The zero-order valence-corrected chi connectivity index (χ0v) is 9.09. The van der Waals surface area contributed by atoms with Crippen molar-refractivity contribution in [1.82, 2.24) is 4.98 Å². The van der Waals surface area contributed by atoms with Crippen molar-refractivity contribution in [3.63, 3.8) is 0 Å². The highest BCUT2D eigenvalue weighted by atomic mass is 14.7. The Morgan fingerprint density at radius 1 is 1.31 bits per heavy atom. The molecule has 1 aromatic heterocycles. The van der Waals surface area contributed by atoms with Gasteiger partial charge in [-0.2, -0.15) is 0 Å². The lowest BCUT2D eigenvalue weighted by Crippen LogP contribution is -1.99. The van der Waals surface area contributed by atoms with Crippen molar-refractivity contribution >= 4 is 0 Å². The van der Waals surface area contributed by atoms with Crippen molar-refractivity contribution in [1.29, 1.82) is 0 Å². The van der Waals surface area contributed by atoms with Crippen LogP contribution < -0.4 is 0 Å². The molecule has 0 amide bonds. The molecule has 1 rings (SSSR count). The smallest absolute Gasteiger partial charge is 0.0435 e. The summed E-state index contributed by atoms with van der Waals surface area (Å²) in [5.41, 5.74) is 3.80. The fourth-order valence-corrected chi connectivity index (χ4v) is 1.47. The van der Waals surface area contributed by atoms with Gasteiger partial charge in [-0.25, -0.2) is 0 Å². The van der Waals surface area contributed by atoms with Crippen LogP contribution in [-0.4, -0.2) is 4.98 Å². The Hall–Kier alpha value is -0.850. The predicted molar refractivity (Wildman–Crippen MR) is 57.1 cm³/mol. The minimum atomic E-state index is 0.588. The summed E-state index contributed by atoms with van der Waals surface area (Å²) in [6.07, 6.45) is 2.25. The molecule has 0 aliphatic heterocycles. The lowest BCUT2D eigenvalue weighted by molar-refractivity contribution is 0.703. The molecule has 0 N–H and O–H groups in total. The van der Waals surface area contributed by atoms with Gasteiger partial charge in [-0.15, -0.1) is 0 Å². The molecule has 0 spiro atoms. The van der Waals surface area contributed by atoms with Crippen LogP contribution in [0.3, 0.4) is 0 Å². The van der Waals surface area contributed by atoms with Crippen LogP contribution in [0.2, 0.25) is 0 Å². The van der Waals surface area contributed by atoms with Gasteiger partial charge < -0.3 is 0 Å². The number of hydrogen-bond acceptors (Lipinski definition) is 1. The van der Waals surface area contributed by atoms with Crippen molar-refractivity contribution in [2.45, 2.75) is 46.5 Å². The minimum absolute atomic E-state index is 0.588. The molecule has 0 aliphatic carbocycles. The Balaban J connectivity index is 2.95. The second kappa shape index (κ2) is 4.40. The molecule has 0 radical (unpaired) electrons. The molecule has 1 heteroatoms. The van der Waals surface area contributed by atoms with E-state index in [4.69, 9.17) is 0 Å². The molecule has 0 bridgehead atoms. The summed E-state index contributed by atoms with van der Waals surface area (Å²) in [4.78, 5) is 4.61. The fraction of sp³-hybridized carbons (Fsp3) is 0.583. The van der Waals surface area contributed by atoms with Gasteiger partial charge in [0.2, 0.25) is 0 Å².